The lowest BCUT2D eigenvalue weighted by Crippen LogP contribution is -2.38. The zero-order chi connectivity index (χ0) is 11.7. The Hall–Kier alpha value is -1.38. The molecule has 16 heavy (non-hydrogen) atoms. The molecule has 1 aromatic carbocycles. The van der Waals surface area contributed by atoms with Gasteiger partial charge >= 0.3 is 0 Å². The van der Waals surface area contributed by atoms with Crippen LogP contribution in [0.5, 0.6) is 0 Å². The number of carbonyl (C=O) groups excluding carboxylic acids is 1. The highest BCUT2D eigenvalue weighted by atomic mass is 19.1. The number of rotatable bonds is 1. The van der Waals surface area contributed by atoms with E-state index in [-0.39, 0.29) is 23.8 Å². The van der Waals surface area contributed by atoms with Crippen LogP contribution in [0.1, 0.15) is 37.0 Å². The van der Waals surface area contributed by atoms with Gasteiger partial charge in [-0.3, -0.25) is 4.79 Å². The average Bonchev–Trinajstić information content (AvgIpc) is 2.58. The maximum Gasteiger partial charge on any atom is 0.254 e. The van der Waals surface area contributed by atoms with E-state index in [0.717, 1.165) is 12.8 Å². The van der Waals surface area contributed by atoms with E-state index in [1.54, 1.807) is 12.1 Å². The van der Waals surface area contributed by atoms with E-state index in [0.29, 0.717) is 5.56 Å². The van der Waals surface area contributed by atoms with Gasteiger partial charge in [-0.15, -0.1) is 0 Å². The lowest BCUT2D eigenvalue weighted by molar-refractivity contribution is 0.0692. The van der Waals surface area contributed by atoms with Gasteiger partial charge < -0.3 is 4.90 Å². The van der Waals surface area contributed by atoms with Crippen LogP contribution in [0.2, 0.25) is 0 Å². The number of benzene rings is 1. The molecule has 3 heteroatoms. The van der Waals surface area contributed by atoms with Gasteiger partial charge in [-0.1, -0.05) is 6.07 Å². The van der Waals surface area contributed by atoms with Gasteiger partial charge in [0.05, 0.1) is 0 Å². The predicted octanol–water partition coefficient (Wildman–Crippen LogP) is 2.84. The van der Waals surface area contributed by atoms with Crippen LogP contribution in [0.3, 0.4) is 0 Å². The first-order chi connectivity index (χ1) is 7.59. The van der Waals surface area contributed by atoms with Crippen molar-refractivity contribution in [1.29, 1.82) is 0 Å². The van der Waals surface area contributed by atoms with Crippen molar-refractivity contribution in [3.05, 3.63) is 35.6 Å². The second-order valence-corrected chi connectivity index (χ2v) is 4.50. The van der Waals surface area contributed by atoms with Crippen LogP contribution in [0, 0.1) is 5.82 Å². The summed E-state index contributed by atoms with van der Waals surface area (Å²) < 4.78 is 13.0. The topological polar surface area (TPSA) is 20.3 Å². The van der Waals surface area contributed by atoms with Gasteiger partial charge in [-0.25, -0.2) is 4.39 Å². The van der Waals surface area contributed by atoms with Gasteiger partial charge in [0.2, 0.25) is 0 Å². The van der Waals surface area contributed by atoms with E-state index >= 15 is 0 Å². The molecule has 2 rings (SSSR count). The molecule has 0 radical (unpaired) electrons. The molecule has 0 bridgehead atoms. The van der Waals surface area contributed by atoms with Gasteiger partial charge in [-0.05, 0) is 44.9 Å². The Morgan fingerprint density at radius 3 is 2.50 bits per heavy atom. The molecule has 0 N–H and O–H groups in total. The first-order valence-electron chi connectivity index (χ1n) is 5.68. The van der Waals surface area contributed by atoms with Gasteiger partial charge in [0.1, 0.15) is 5.82 Å². The Morgan fingerprint density at radius 2 is 1.94 bits per heavy atom. The molecule has 1 heterocycles. The lowest BCUT2D eigenvalue weighted by Gasteiger charge is -2.26. The van der Waals surface area contributed by atoms with Crippen LogP contribution in [-0.4, -0.2) is 22.9 Å². The van der Waals surface area contributed by atoms with E-state index in [2.05, 4.69) is 0 Å². The molecule has 1 saturated heterocycles. The van der Waals surface area contributed by atoms with E-state index < -0.39 is 0 Å². The minimum atomic E-state index is -0.356. The van der Waals surface area contributed by atoms with Crippen molar-refractivity contribution < 1.29 is 9.18 Å². The first kappa shape index (κ1) is 11.1. The molecule has 0 aromatic heterocycles. The van der Waals surface area contributed by atoms with Gasteiger partial charge in [-0.2, -0.15) is 0 Å². The molecule has 0 unspecified atom stereocenters. The third kappa shape index (κ3) is 1.94. The summed E-state index contributed by atoms with van der Waals surface area (Å²) in [4.78, 5) is 14.0. The summed E-state index contributed by atoms with van der Waals surface area (Å²) in [5.74, 6) is -0.414. The fourth-order valence-electron chi connectivity index (χ4n) is 2.37. The molecule has 0 aliphatic carbocycles. The number of carbonyl (C=O) groups is 1. The maximum absolute atomic E-state index is 13.0. The number of hydrogen-bond donors (Lipinski definition) is 0. The van der Waals surface area contributed by atoms with Crippen molar-refractivity contribution in [2.24, 2.45) is 0 Å². The first-order valence-corrected chi connectivity index (χ1v) is 5.68. The second-order valence-electron chi connectivity index (χ2n) is 4.50. The maximum atomic E-state index is 13.0. The Kier molecular flexibility index (Phi) is 2.95. The average molecular weight is 221 g/mol. The molecule has 0 saturated carbocycles. The van der Waals surface area contributed by atoms with Crippen LogP contribution in [-0.2, 0) is 0 Å². The van der Waals surface area contributed by atoms with E-state index in [1.165, 1.54) is 12.1 Å². The number of halogens is 1. The summed E-state index contributed by atoms with van der Waals surface area (Å²) in [7, 11) is 0. The van der Waals surface area contributed by atoms with Crippen molar-refractivity contribution in [3.8, 4) is 0 Å². The summed E-state index contributed by atoms with van der Waals surface area (Å²) >= 11 is 0. The van der Waals surface area contributed by atoms with E-state index in [4.69, 9.17) is 0 Å². The number of nitrogens with zero attached hydrogens (tertiary/aromatic N) is 1. The summed E-state index contributed by atoms with van der Waals surface area (Å²) in [6.07, 6.45) is 2.06. The molecular weight excluding hydrogens is 205 g/mol. The Balaban J connectivity index is 2.25. The molecule has 2 nitrogen and oxygen atoms in total. The van der Waals surface area contributed by atoms with Crippen LogP contribution >= 0.6 is 0 Å². The summed E-state index contributed by atoms with van der Waals surface area (Å²) in [6.45, 7) is 4.08. The van der Waals surface area contributed by atoms with Crippen LogP contribution in [0.15, 0.2) is 24.3 Å². The van der Waals surface area contributed by atoms with Crippen molar-refractivity contribution in [2.75, 3.05) is 0 Å². The number of likely N-dealkylation sites (tertiary alicyclic amines) is 1. The summed E-state index contributed by atoms with van der Waals surface area (Å²) in [6, 6.07) is 6.42. The monoisotopic (exact) mass is 221 g/mol. The Morgan fingerprint density at radius 1 is 1.31 bits per heavy atom. The highest BCUT2D eigenvalue weighted by Gasteiger charge is 2.31. The van der Waals surface area contributed by atoms with E-state index in [9.17, 15) is 9.18 Å². The minimum Gasteiger partial charge on any atom is -0.333 e. The van der Waals surface area contributed by atoms with Crippen LogP contribution in [0.4, 0.5) is 4.39 Å². The molecule has 86 valence electrons. The minimum absolute atomic E-state index is 0.0583. The fourth-order valence-corrected chi connectivity index (χ4v) is 2.37. The summed E-state index contributed by atoms with van der Waals surface area (Å²) in [5.41, 5.74) is 0.445. The smallest absolute Gasteiger partial charge is 0.254 e. The highest BCUT2D eigenvalue weighted by Crippen LogP contribution is 2.25. The molecule has 2 atom stereocenters. The molecule has 1 amide bonds. The molecule has 1 fully saturated rings. The fraction of sp³-hybridized carbons (Fsp3) is 0.462. The number of amides is 1. The molecule has 1 aromatic rings. The molecule has 1 aliphatic heterocycles. The lowest BCUT2D eigenvalue weighted by atomic mass is 10.1. The summed E-state index contributed by atoms with van der Waals surface area (Å²) in [5, 5.41) is 0. The third-order valence-corrected chi connectivity index (χ3v) is 3.26. The largest absolute Gasteiger partial charge is 0.333 e. The second kappa shape index (κ2) is 4.24. The highest BCUT2D eigenvalue weighted by molar-refractivity contribution is 5.94. The van der Waals surface area contributed by atoms with Crippen molar-refractivity contribution in [3.63, 3.8) is 0 Å². The zero-order valence-corrected chi connectivity index (χ0v) is 9.61. The molecule has 0 spiro atoms. The Bertz CT molecular complexity index is 395. The quantitative estimate of drug-likeness (QED) is 0.714. The molecule has 1 aliphatic rings. The van der Waals surface area contributed by atoms with Crippen molar-refractivity contribution in [1.82, 2.24) is 4.90 Å². The third-order valence-electron chi connectivity index (χ3n) is 3.26. The zero-order valence-electron chi connectivity index (χ0n) is 9.61. The van der Waals surface area contributed by atoms with Crippen LogP contribution < -0.4 is 0 Å². The van der Waals surface area contributed by atoms with Gasteiger partial charge in [0.15, 0.2) is 0 Å². The van der Waals surface area contributed by atoms with Crippen LogP contribution in [0.25, 0.3) is 0 Å². The van der Waals surface area contributed by atoms with Gasteiger partial charge in [0.25, 0.3) is 5.91 Å². The molecular formula is C13H16FNO. The van der Waals surface area contributed by atoms with Crippen molar-refractivity contribution in [2.45, 2.75) is 38.8 Å². The van der Waals surface area contributed by atoms with E-state index in [1.807, 2.05) is 18.7 Å². The standard InChI is InChI=1S/C13H16FNO/c1-9-6-7-10(2)15(9)13(16)11-4-3-5-12(14)8-11/h3-5,8-10H,6-7H2,1-2H3/t9-,10+. The normalized spacial score (nSPS) is 24.8. The van der Waals surface area contributed by atoms with Crippen molar-refractivity contribution >= 4 is 5.91 Å². The predicted molar refractivity (Wildman–Crippen MR) is 60.7 cm³/mol. The Labute approximate surface area is 95.1 Å². The number of hydrogen-bond acceptors (Lipinski definition) is 1. The SMILES string of the molecule is C[C@@H]1CC[C@H](C)N1C(=O)c1cccc(F)c1. The van der Waals surface area contributed by atoms with Gasteiger partial charge in [0, 0.05) is 17.6 Å².